The van der Waals surface area contributed by atoms with E-state index in [0.29, 0.717) is 12.4 Å². The fourth-order valence-electron chi connectivity index (χ4n) is 2.28. The van der Waals surface area contributed by atoms with Crippen molar-refractivity contribution < 1.29 is 0 Å². The second-order valence-electron chi connectivity index (χ2n) is 5.04. The van der Waals surface area contributed by atoms with Gasteiger partial charge in [-0.2, -0.15) is 0 Å². The summed E-state index contributed by atoms with van der Waals surface area (Å²) in [7, 11) is 2.04. The summed E-state index contributed by atoms with van der Waals surface area (Å²) < 4.78 is 0. The topological polar surface area (TPSA) is 55.0 Å². The normalized spacial score (nSPS) is 11.0. The summed E-state index contributed by atoms with van der Waals surface area (Å²) in [6, 6.07) is 10.5. The molecule has 0 fully saturated rings. The molecule has 0 unspecified atom stereocenters. The maximum atomic E-state index is 5.99. The van der Waals surface area contributed by atoms with Crippen molar-refractivity contribution in [2.75, 3.05) is 17.7 Å². The van der Waals surface area contributed by atoms with Gasteiger partial charge in [-0.25, -0.2) is 9.97 Å². The maximum Gasteiger partial charge on any atom is 0.151 e. The Morgan fingerprint density at radius 3 is 2.62 bits per heavy atom. The van der Waals surface area contributed by atoms with E-state index in [-0.39, 0.29) is 0 Å². The summed E-state index contributed by atoms with van der Waals surface area (Å²) in [5.74, 6) is 1.32. The monoisotopic (exact) mass is 298 g/mol. The first-order valence-corrected chi connectivity index (χ1v) is 7.85. The molecule has 2 aromatic heterocycles. The number of hydrogen-bond acceptors (Lipinski definition) is 5. The second-order valence-corrected chi connectivity index (χ2v) is 5.94. The van der Waals surface area contributed by atoms with Gasteiger partial charge < -0.3 is 10.6 Å². The molecule has 0 atom stereocenters. The molecule has 0 saturated carbocycles. The van der Waals surface area contributed by atoms with E-state index in [4.69, 9.17) is 5.73 Å². The molecule has 2 N–H and O–H groups in total. The molecule has 108 valence electrons. The van der Waals surface area contributed by atoms with Gasteiger partial charge in [-0.3, -0.25) is 0 Å². The average Bonchev–Trinajstić information content (AvgIpc) is 2.96. The average molecular weight is 298 g/mol. The van der Waals surface area contributed by atoms with E-state index >= 15 is 0 Å². The molecular weight excluding hydrogens is 280 g/mol. The molecule has 0 saturated heterocycles. The minimum atomic E-state index is 0.561. The number of hydrogen-bond donors (Lipinski definition) is 1. The van der Waals surface area contributed by atoms with Crippen molar-refractivity contribution in [2.45, 2.75) is 19.9 Å². The molecule has 21 heavy (non-hydrogen) atoms. The highest BCUT2D eigenvalue weighted by Gasteiger charge is 2.09. The van der Waals surface area contributed by atoms with Crippen molar-refractivity contribution in [1.82, 2.24) is 9.97 Å². The van der Waals surface area contributed by atoms with Crippen LogP contribution >= 0.6 is 11.3 Å². The highest BCUT2D eigenvalue weighted by atomic mass is 32.1. The molecule has 5 heteroatoms. The summed E-state index contributed by atoms with van der Waals surface area (Å²) in [4.78, 5) is 12.1. The Bertz CT molecular complexity index is 749. The Labute approximate surface area is 128 Å². The van der Waals surface area contributed by atoms with Gasteiger partial charge in [0, 0.05) is 12.7 Å². The van der Waals surface area contributed by atoms with Gasteiger partial charge in [0.25, 0.3) is 0 Å². The molecule has 0 amide bonds. The number of aryl methyl sites for hydroxylation is 1. The van der Waals surface area contributed by atoms with Crippen LogP contribution in [-0.2, 0) is 13.0 Å². The molecule has 0 bridgehead atoms. The zero-order chi connectivity index (χ0) is 14.8. The van der Waals surface area contributed by atoms with Gasteiger partial charge in [0.15, 0.2) is 5.82 Å². The quantitative estimate of drug-likeness (QED) is 0.801. The van der Waals surface area contributed by atoms with Crippen LogP contribution in [0, 0.1) is 0 Å². The van der Waals surface area contributed by atoms with Gasteiger partial charge in [-0.1, -0.05) is 19.1 Å². The molecule has 2 heterocycles. The number of nitrogens with two attached hydrogens (primary N) is 1. The van der Waals surface area contributed by atoms with Gasteiger partial charge in [-0.05, 0) is 35.6 Å². The third-order valence-electron chi connectivity index (χ3n) is 3.56. The first-order valence-electron chi connectivity index (χ1n) is 6.97. The number of nitrogens with zero attached hydrogens (tertiary/aromatic N) is 3. The summed E-state index contributed by atoms with van der Waals surface area (Å²) >= 11 is 1.59. The number of rotatable bonds is 4. The Kier molecular flexibility index (Phi) is 3.75. The van der Waals surface area contributed by atoms with Crippen molar-refractivity contribution in [3.63, 3.8) is 0 Å². The molecule has 0 aliphatic carbocycles. The van der Waals surface area contributed by atoms with Gasteiger partial charge in [0.1, 0.15) is 10.6 Å². The zero-order valence-corrected chi connectivity index (χ0v) is 13.0. The minimum Gasteiger partial charge on any atom is -0.383 e. The van der Waals surface area contributed by atoms with Crippen LogP contribution in [-0.4, -0.2) is 17.0 Å². The highest BCUT2D eigenvalue weighted by molar-refractivity contribution is 7.16. The number of benzene rings is 1. The first kappa shape index (κ1) is 13.8. The predicted octanol–water partition coefficient (Wildman–Crippen LogP) is 3.47. The third-order valence-corrected chi connectivity index (χ3v) is 4.37. The number of anilines is 2. The molecule has 3 rings (SSSR count). The molecular formula is C16H18N4S. The smallest absolute Gasteiger partial charge is 0.151 e. The van der Waals surface area contributed by atoms with Gasteiger partial charge in [-0.15, -0.1) is 11.3 Å². The molecule has 3 aromatic rings. The standard InChI is InChI=1S/C16H18N4S/c1-3-11-4-6-12(7-5-11)20(2)10-14-18-15(17)13-8-9-21-16(13)19-14/h4-9H,3,10H2,1-2H3,(H2,17,18,19). The van der Waals surface area contributed by atoms with Crippen LogP contribution in [0.15, 0.2) is 35.7 Å². The Hall–Kier alpha value is -2.14. The summed E-state index contributed by atoms with van der Waals surface area (Å²) in [5.41, 5.74) is 8.48. The van der Waals surface area contributed by atoms with Crippen LogP contribution in [0.4, 0.5) is 11.5 Å². The lowest BCUT2D eigenvalue weighted by molar-refractivity contribution is 0.851. The van der Waals surface area contributed by atoms with Crippen molar-refractivity contribution in [3.05, 3.63) is 47.1 Å². The van der Waals surface area contributed by atoms with Crippen molar-refractivity contribution in [2.24, 2.45) is 0 Å². The lowest BCUT2D eigenvalue weighted by Gasteiger charge is -2.18. The molecule has 4 nitrogen and oxygen atoms in total. The number of fused-ring (bicyclic) bond motifs is 1. The largest absolute Gasteiger partial charge is 0.383 e. The lowest BCUT2D eigenvalue weighted by atomic mass is 10.1. The molecule has 0 radical (unpaired) electrons. The van der Waals surface area contributed by atoms with Crippen molar-refractivity contribution in [1.29, 1.82) is 0 Å². The van der Waals surface area contributed by atoms with E-state index in [1.807, 2.05) is 18.5 Å². The van der Waals surface area contributed by atoms with Crippen LogP contribution in [0.1, 0.15) is 18.3 Å². The van der Waals surface area contributed by atoms with Crippen molar-refractivity contribution >= 4 is 33.1 Å². The van der Waals surface area contributed by atoms with E-state index in [1.165, 1.54) is 5.56 Å². The predicted molar refractivity (Wildman–Crippen MR) is 89.8 cm³/mol. The van der Waals surface area contributed by atoms with Crippen LogP contribution in [0.25, 0.3) is 10.2 Å². The van der Waals surface area contributed by atoms with Gasteiger partial charge in [0.05, 0.1) is 11.9 Å². The first-order chi connectivity index (χ1) is 10.2. The van der Waals surface area contributed by atoms with E-state index in [1.54, 1.807) is 11.3 Å². The minimum absolute atomic E-state index is 0.561. The van der Waals surface area contributed by atoms with E-state index < -0.39 is 0 Å². The SMILES string of the molecule is CCc1ccc(N(C)Cc2nc(N)c3ccsc3n2)cc1. The summed E-state index contributed by atoms with van der Waals surface area (Å²) in [6.45, 7) is 2.80. The third kappa shape index (κ3) is 2.83. The molecule has 1 aromatic carbocycles. The van der Waals surface area contributed by atoms with Crippen LogP contribution in [0.3, 0.4) is 0 Å². The second kappa shape index (κ2) is 5.69. The van der Waals surface area contributed by atoms with E-state index in [2.05, 4.69) is 46.1 Å². The Morgan fingerprint density at radius 1 is 1.14 bits per heavy atom. The number of nitrogen functional groups attached to an aromatic ring is 1. The van der Waals surface area contributed by atoms with E-state index in [0.717, 1.165) is 28.1 Å². The molecule has 0 aliphatic rings. The number of aromatic nitrogens is 2. The van der Waals surface area contributed by atoms with Gasteiger partial charge >= 0.3 is 0 Å². The summed E-state index contributed by atoms with van der Waals surface area (Å²) in [6.07, 6.45) is 1.05. The Balaban J connectivity index is 1.83. The molecule has 0 aliphatic heterocycles. The Morgan fingerprint density at radius 2 is 1.90 bits per heavy atom. The number of thiophene rings is 1. The summed E-state index contributed by atoms with van der Waals surface area (Å²) in [5, 5.41) is 2.94. The fraction of sp³-hybridized carbons (Fsp3) is 0.250. The van der Waals surface area contributed by atoms with Crippen LogP contribution < -0.4 is 10.6 Å². The maximum absolute atomic E-state index is 5.99. The fourth-order valence-corrected chi connectivity index (χ4v) is 3.08. The van der Waals surface area contributed by atoms with E-state index in [9.17, 15) is 0 Å². The van der Waals surface area contributed by atoms with Crippen LogP contribution in [0.5, 0.6) is 0 Å². The van der Waals surface area contributed by atoms with Crippen molar-refractivity contribution in [3.8, 4) is 0 Å². The molecule has 0 spiro atoms. The highest BCUT2D eigenvalue weighted by Crippen LogP contribution is 2.24. The van der Waals surface area contributed by atoms with Crippen LogP contribution in [0.2, 0.25) is 0 Å². The zero-order valence-electron chi connectivity index (χ0n) is 12.2. The lowest BCUT2D eigenvalue weighted by Crippen LogP contribution is -2.18. The van der Waals surface area contributed by atoms with Gasteiger partial charge in [0.2, 0.25) is 0 Å².